The molecular formula is C30H27FNS+. The zero-order valence-electron chi connectivity index (χ0n) is 19.7. The maximum Gasteiger partial charge on any atom is 0.222 e. The van der Waals surface area contributed by atoms with Crippen LogP contribution in [0.5, 0.6) is 0 Å². The summed E-state index contributed by atoms with van der Waals surface area (Å²) in [4.78, 5) is 2.59. The van der Waals surface area contributed by atoms with Crippen LogP contribution in [0.15, 0.2) is 64.5 Å². The van der Waals surface area contributed by atoms with Crippen LogP contribution in [-0.4, -0.2) is 0 Å². The smallest absolute Gasteiger partial charge is 0.207 e. The molecule has 2 heterocycles. The van der Waals surface area contributed by atoms with Crippen molar-refractivity contribution in [1.82, 2.24) is 0 Å². The zero-order chi connectivity index (χ0) is 23.0. The van der Waals surface area contributed by atoms with Crippen molar-refractivity contribution in [2.45, 2.75) is 43.9 Å². The lowest BCUT2D eigenvalue weighted by Crippen LogP contribution is -2.32. The van der Waals surface area contributed by atoms with Crippen LogP contribution in [0.3, 0.4) is 0 Å². The second kappa shape index (κ2) is 7.30. The molecule has 4 aromatic carbocycles. The minimum Gasteiger partial charge on any atom is -0.207 e. The SMILES string of the molecule is Cc1c2c(c(C)c3cc(CC(C)C)ccc13)-c1c3c(cc4ccc(F)cc4c3cc[n+]1C)S2. The van der Waals surface area contributed by atoms with Gasteiger partial charge in [-0.3, -0.25) is 0 Å². The number of pyridine rings is 1. The highest BCUT2D eigenvalue weighted by atomic mass is 32.2. The number of aryl methyl sites for hydroxylation is 3. The molecule has 0 atom stereocenters. The number of hydrogen-bond donors (Lipinski definition) is 0. The topological polar surface area (TPSA) is 3.88 Å². The molecule has 0 saturated carbocycles. The number of nitrogens with zero attached hydrogens (tertiary/aromatic N) is 1. The summed E-state index contributed by atoms with van der Waals surface area (Å²) in [5.41, 5.74) is 6.63. The Morgan fingerprint density at radius 1 is 0.879 bits per heavy atom. The second-order valence-electron chi connectivity index (χ2n) is 9.84. The summed E-state index contributed by atoms with van der Waals surface area (Å²) >= 11 is 1.87. The summed E-state index contributed by atoms with van der Waals surface area (Å²) in [6, 6.07) is 16.5. The van der Waals surface area contributed by atoms with E-state index in [1.54, 1.807) is 12.1 Å². The van der Waals surface area contributed by atoms with Gasteiger partial charge in [-0.15, -0.1) is 0 Å². The lowest BCUT2D eigenvalue weighted by Gasteiger charge is -2.24. The van der Waals surface area contributed by atoms with E-state index >= 15 is 0 Å². The fourth-order valence-electron chi connectivity index (χ4n) is 5.57. The molecule has 1 aliphatic rings. The Hall–Kier alpha value is -2.91. The van der Waals surface area contributed by atoms with Crippen LogP contribution in [0, 0.1) is 25.6 Å². The molecule has 0 N–H and O–H groups in total. The van der Waals surface area contributed by atoms with Gasteiger partial charge in [0, 0.05) is 21.2 Å². The van der Waals surface area contributed by atoms with Crippen molar-refractivity contribution in [2.24, 2.45) is 13.0 Å². The molecule has 164 valence electrons. The van der Waals surface area contributed by atoms with Crippen LogP contribution in [0.2, 0.25) is 0 Å². The first kappa shape index (κ1) is 20.7. The highest BCUT2D eigenvalue weighted by Crippen LogP contribution is 2.52. The summed E-state index contributed by atoms with van der Waals surface area (Å²) in [5, 5.41) is 7.11. The molecule has 0 spiro atoms. The van der Waals surface area contributed by atoms with Gasteiger partial charge in [0.25, 0.3) is 0 Å². The van der Waals surface area contributed by atoms with Crippen LogP contribution in [0.25, 0.3) is 43.6 Å². The van der Waals surface area contributed by atoms with Gasteiger partial charge in [0.2, 0.25) is 5.69 Å². The third-order valence-electron chi connectivity index (χ3n) is 7.09. The molecule has 6 rings (SSSR count). The van der Waals surface area contributed by atoms with Crippen LogP contribution in [0.4, 0.5) is 4.39 Å². The Labute approximate surface area is 198 Å². The molecule has 0 amide bonds. The third kappa shape index (κ3) is 3.02. The lowest BCUT2D eigenvalue weighted by molar-refractivity contribution is -0.659. The van der Waals surface area contributed by atoms with E-state index in [0.29, 0.717) is 5.92 Å². The Bertz CT molecular complexity index is 1630. The summed E-state index contributed by atoms with van der Waals surface area (Å²) in [7, 11) is 2.13. The van der Waals surface area contributed by atoms with E-state index < -0.39 is 0 Å². The molecule has 0 saturated heterocycles. The van der Waals surface area contributed by atoms with Gasteiger partial charge in [0.05, 0.1) is 10.9 Å². The molecular weight excluding hydrogens is 425 g/mol. The van der Waals surface area contributed by atoms with E-state index in [0.717, 1.165) is 22.6 Å². The van der Waals surface area contributed by atoms with E-state index in [2.05, 4.69) is 75.8 Å². The summed E-state index contributed by atoms with van der Waals surface area (Å²) in [5.74, 6) is 0.441. The molecule has 5 aromatic rings. The van der Waals surface area contributed by atoms with Crippen molar-refractivity contribution in [1.29, 1.82) is 0 Å². The minimum absolute atomic E-state index is 0.188. The van der Waals surface area contributed by atoms with Crippen LogP contribution < -0.4 is 4.57 Å². The highest BCUT2D eigenvalue weighted by Gasteiger charge is 2.31. The highest BCUT2D eigenvalue weighted by molar-refractivity contribution is 8.00. The number of fused-ring (bicyclic) bond motifs is 5. The molecule has 3 heteroatoms. The molecule has 0 bridgehead atoms. The first-order chi connectivity index (χ1) is 15.8. The lowest BCUT2D eigenvalue weighted by atomic mass is 9.89. The summed E-state index contributed by atoms with van der Waals surface area (Å²) < 4.78 is 16.4. The van der Waals surface area contributed by atoms with Crippen molar-refractivity contribution in [3.8, 4) is 11.3 Å². The van der Waals surface area contributed by atoms with Crippen molar-refractivity contribution in [3.63, 3.8) is 0 Å². The van der Waals surface area contributed by atoms with Crippen LogP contribution in [-0.2, 0) is 13.5 Å². The maximum absolute atomic E-state index is 14.2. The van der Waals surface area contributed by atoms with E-state index in [4.69, 9.17) is 0 Å². The largest absolute Gasteiger partial charge is 0.222 e. The zero-order valence-corrected chi connectivity index (χ0v) is 20.5. The Balaban J connectivity index is 1.75. The quantitative estimate of drug-likeness (QED) is 0.190. The fraction of sp³-hybridized carbons (Fsp3) is 0.233. The summed E-state index contributed by atoms with van der Waals surface area (Å²) in [6.07, 6.45) is 3.21. The van der Waals surface area contributed by atoms with Gasteiger partial charge in [0.15, 0.2) is 6.20 Å². The number of aromatic nitrogens is 1. The van der Waals surface area contributed by atoms with E-state index in [1.165, 1.54) is 53.9 Å². The van der Waals surface area contributed by atoms with Crippen molar-refractivity contribution >= 4 is 44.1 Å². The van der Waals surface area contributed by atoms with Gasteiger partial charge >= 0.3 is 0 Å². The minimum atomic E-state index is -0.188. The molecule has 1 nitrogen and oxygen atoms in total. The van der Waals surface area contributed by atoms with Crippen molar-refractivity contribution in [2.75, 3.05) is 0 Å². The van der Waals surface area contributed by atoms with Gasteiger partial charge in [-0.05, 0) is 82.6 Å². The van der Waals surface area contributed by atoms with Crippen LogP contribution >= 0.6 is 11.8 Å². The van der Waals surface area contributed by atoms with Crippen molar-refractivity contribution < 1.29 is 8.96 Å². The summed E-state index contributed by atoms with van der Waals surface area (Å²) in [6.45, 7) is 9.08. The van der Waals surface area contributed by atoms with E-state index in [1.807, 2.05) is 17.8 Å². The average Bonchev–Trinajstić information content (AvgIpc) is 2.78. The van der Waals surface area contributed by atoms with Gasteiger partial charge in [0.1, 0.15) is 12.9 Å². The first-order valence-electron chi connectivity index (χ1n) is 11.6. The molecule has 0 fully saturated rings. The van der Waals surface area contributed by atoms with Crippen molar-refractivity contribution in [3.05, 3.63) is 77.2 Å². The Morgan fingerprint density at radius 3 is 2.48 bits per heavy atom. The molecule has 0 unspecified atom stereocenters. The van der Waals surface area contributed by atoms with E-state index in [-0.39, 0.29) is 5.82 Å². The standard InChI is InChI=1S/C30H27FNS/c1-16(2)12-19-6-9-22-18(4)30-27(17(3)24(22)13-19)29-28-23(10-11-32(29)5)25-15-21(31)8-7-20(25)14-26(28)33-30/h6-11,13-16H,12H2,1-5H3/q+1. The molecule has 1 aliphatic heterocycles. The Morgan fingerprint density at radius 2 is 1.70 bits per heavy atom. The second-order valence-corrected chi connectivity index (χ2v) is 10.9. The van der Waals surface area contributed by atoms with Gasteiger partial charge < -0.3 is 0 Å². The third-order valence-corrected chi connectivity index (χ3v) is 8.35. The van der Waals surface area contributed by atoms with Gasteiger partial charge in [-0.2, -0.15) is 0 Å². The molecule has 1 aromatic heterocycles. The average molecular weight is 453 g/mol. The fourth-order valence-corrected chi connectivity index (χ4v) is 6.90. The predicted molar refractivity (Wildman–Crippen MR) is 138 cm³/mol. The first-order valence-corrected chi connectivity index (χ1v) is 12.4. The molecule has 0 aliphatic carbocycles. The predicted octanol–water partition coefficient (Wildman–Crippen LogP) is 8.06. The van der Waals surface area contributed by atoms with Gasteiger partial charge in [-0.1, -0.05) is 49.9 Å². The monoisotopic (exact) mass is 452 g/mol. The number of halogens is 1. The normalized spacial score (nSPS) is 12.8. The number of benzene rings is 4. The van der Waals surface area contributed by atoms with E-state index in [9.17, 15) is 4.39 Å². The van der Waals surface area contributed by atoms with Crippen LogP contribution in [0.1, 0.15) is 30.5 Å². The Kier molecular flexibility index (Phi) is 4.57. The van der Waals surface area contributed by atoms with Gasteiger partial charge in [-0.25, -0.2) is 8.96 Å². The molecule has 33 heavy (non-hydrogen) atoms. The number of rotatable bonds is 2. The maximum atomic E-state index is 14.2. The molecule has 0 radical (unpaired) electrons. The number of hydrogen-bond acceptors (Lipinski definition) is 1.